The van der Waals surface area contributed by atoms with Gasteiger partial charge in [-0.05, 0) is 55.6 Å². The van der Waals surface area contributed by atoms with E-state index in [0.717, 1.165) is 48.7 Å². The summed E-state index contributed by atoms with van der Waals surface area (Å²) in [6.45, 7) is 7.44. The number of alkyl halides is 1. The molecule has 6 heteroatoms. The van der Waals surface area contributed by atoms with Gasteiger partial charge in [-0.15, -0.1) is 0 Å². The van der Waals surface area contributed by atoms with Gasteiger partial charge in [0, 0.05) is 33.6 Å². The second-order valence-corrected chi connectivity index (χ2v) is 12.3. The molecule has 0 aliphatic heterocycles. The van der Waals surface area contributed by atoms with Crippen molar-refractivity contribution in [1.29, 1.82) is 5.41 Å². The molecular formula is C27H42BrN3OS. The van der Waals surface area contributed by atoms with Crippen LogP contribution in [-0.4, -0.2) is 21.5 Å². The highest BCUT2D eigenvalue weighted by atomic mass is 79.9. The van der Waals surface area contributed by atoms with E-state index in [1.54, 1.807) is 0 Å². The van der Waals surface area contributed by atoms with Crippen molar-refractivity contribution in [2.45, 2.75) is 95.7 Å². The number of aromatic amines is 1. The first-order valence-electron chi connectivity index (χ1n) is 12.9. The van der Waals surface area contributed by atoms with Crippen LogP contribution in [0.25, 0.3) is 0 Å². The van der Waals surface area contributed by atoms with Gasteiger partial charge in [0.05, 0.1) is 5.56 Å². The number of hydrogen-bond donors (Lipinski definition) is 3. The number of aromatic nitrogens is 1. The van der Waals surface area contributed by atoms with Crippen LogP contribution < -0.4 is 10.9 Å². The molecule has 3 rings (SSSR count). The lowest BCUT2D eigenvalue weighted by Gasteiger charge is -2.25. The summed E-state index contributed by atoms with van der Waals surface area (Å²) in [5, 5.41) is 12.4. The molecule has 2 aliphatic rings. The lowest BCUT2D eigenvalue weighted by molar-refractivity contribution is 0.284. The van der Waals surface area contributed by atoms with E-state index in [1.165, 1.54) is 50.1 Å². The van der Waals surface area contributed by atoms with Gasteiger partial charge in [0.15, 0.2) is 0 Å². The smallest absolute Gasteiger partial charge is 0.267 e. The predicted molar refractivity (Wildman–Crippen MR) is 146 cm³/mol. The minimum atomic E-state index is -0.0853. The number of hydrogen-bond acceptors (Lipinski definition) is 4. The standard InChI is InChI=1S/C27H42BrN3OS/c1-4-21(17-30-23-12-8-11-22(28)16-23)26-24(27(32)31-33-26)25(29)19(3)14-13-18(2)15-20-9-6-5-7-10-20/h8,12,16,18-22,29-30H,4-7,9-11,13-15,17H2,1-3H3,(H,31,32). The molecule has 0 aromatic carbocycles. The Labute approximate surface area is 212 Å². The second kappa shape index (κ2) is 13.1. The van der Waals surface area contributed by atoms with Crippen LogP contribution in [0.2, 0.25) is 0 Å². The van der Waals surface area contributed by atoms with E-state index >= 15 is 0 Å². The van der Waals surface area contributed by atoms with E-state index in [1.807, 2.05) is 0 Å². The Hall–Kier alpha value is -1.14. The minimum Gasteiger partial charge on any atom is -0.385 e. The molecule has 1 aromatic rings. The largest absolute Gasteiger partial charge is 0.385 e. The first-order chi connectivity index (χ1) is 15.9. The van der Waals surface area contributed by atoms with E-state index < -0.39 is 0 Å². The zero-order chi connectivity index (χ0) is 23.8. The van der Waals surface area contributed by atoms with Crippen molar-refractivity contribution in [2.24, 2.45) is 17.8 Å². The van der Waals surface area contributed by atoms with Gasteiger partial charge >= 0.3 is 0 Å². The Morgan fingerprint density at radius 3 is 2.73 bits per heavy atom. The van der Waals surface area contributed by atoms with Crippen molar-refractivity contribution in [3.63, 3.8) is 0 Å². The molecule has 4 unspecified atom stereocenters. The summed E-state index contributed by atoms with van der Waals surface area (Å²) in [5.74, 6) is 1.93. The average molecular weight is 537 g/mol. The van der Waals surface area contributed by atoms with Gasteiger partial charge in [-0.3, -0.25) is 9.17 Å². The molecule has 33 heavy (non-hydrogen) atoms. The van der Waals surface area contributed by atoms with Gasteiger partial charge in [-0.2, -0.15) is 0 Å². The Morgan fingerprint density at radius 2 is 2.03 bits per heavy atom. The van der Waals surface area contributed by atoms with Crippen molar-refractivity contribution in [3.05, 3.63) is 44.7 Å². The lowest BCUT2D eigenvalue weighted by Crippen LogP contribution is -2.25. The molecule has 1 aromatic heterocycles. The Balaban J connectivity index is 1.58. The fourth-order valence-electron chi connectivity index (χ4n) is 5.32. The molecule has 1 heterocycles. The molecule has 0 bridgehead atoms. The van der Waals surface area contributed by atoms with E-state index in [2.05, 4.69) is 64.6 Å². The van der Waals surface area contributed by atoms with Gasteiger partial charge in [0.1, 0.15) is 0 Å². The van der Waals surface area contributed by atoms with Crippen LogP contribution in [0.15, 0.2) is 28.7 Å². The molecule has 0 radical (unpaired) electrons. The number of allylic oxidation sites excluding steroid dienone is 3. The van der Waals surface area contributed by atoms with Crippen LogP contribution in [0, 0.1) is 23.2 Å². The Bertz CT molecular complexity index is 880. The number of H-pyrrole nitrogens is 1. The zero-order valence-corrected chi connectivity index (χ0v) is 23.0. The third kappa shape index (κ3) is 7.68. The van der Waals surface area contributed by atoms with E-state index in [9.17, 15) is 4.79 Å². The summed E-state index contributed by atoms with van der Waals surface area (Å²) in [6.07, 6.45) is 18.9. The van der Waals surface area contributed by atoms with Crippen LogP contribution in [-0.2, 0) is 0 Å². The van der Waals surface area contributed by atoms with E-state index in [-0.39, 0.29) is 17.4 Å². The zero-order valence-electron chi connectivity index (χ0n) is 20.6. The number of rotatable bonds is 12. The maximum atomic E-state index is 12.7. The van der Waals surface area contributed by atoms with E-state index in [0.29, 0.717) is 22.0 Å². The summed E-state index contributed by atoms with van der Waals surface area (Å²) in [7, 11) is 0. The third-order valence-electron chi connectivity index (χ3n) is 7.48. The molecule has 2 aliphatic carbocycles. The third-order valence-corrected chi connectivity index (χ3v) is 9.16. The summed E-state index contributed by atoms with van der Waals surface area (Å²) >= 11 is 5.08. The topological polar surface area (TPSA) is 68.7 Å². The SMILES string of the molecule is CCC(CNC1=CC(Br)CC=C1)c1s[nH]c(=O)c1C(=N)C(C)CCC(C)CC1CCCCC1. The Kier molecular flexibility index (Phi) is 10.5. The summed E-state index contributed by atoms with van der Waals surface area (Å²) < 4.78 is 2.93. The monoisotopic (exact) mass is 535 g/mol. The van der Waals surface area contributed by atoms with Crippen molar-refractivity contribution in [3.8, 4) is 0 Å². The molecule has 0 saturated heterocycles. The first-order valence-corrected chi connectivity index (χ1v) is 14.7. The Morgan fingerprint density at radius 1 is 1.27 bits per heavy atom. The highest BCUT2D eigenvalue weighted by Gasteiger charge is 2.25. The number of nitrogens with one attached hydrogen (secondary N) is 3. The normalized spacial score (nSPS) is 21.9. The van der Waals surface area contributed by atoms with Crippen LogP contribution in [0.4, 0.5) is 0 Å². The van der Waals surface area contributed by atoms with Crippen LogP contribution in [0.5, 0.6) is 0 Å². The van der Waals surface area contributed by atoms with Crippen molar-refractivity contribution in [2.75, 3.05) is 6.54 Å². The molecule has 0 amide bonds. The summed E-state index contributed by atoms with van der Waals surface area (Å²) in [6, 6.07) is 0. The molecule has 4 atom stereocenters. The maximum Gasteiger partial charge on any atom is 0.267 e. The van der Waals surface area contributed by atoms with E-state index in [4.69, 9.17) is 5.41 Å². The molecule has 3 N–H and O–H groups in total. The quantitative estimate of drug-likeness (QED) is 0.191. The van der Waals surface area contributed by atoms with Gasteiger partial charge in [0.2, 0.25) is 0 Å². The molecule has 4 nitrogen and oxygen atoms in total. The summed E-state index contributed by atoms with van der Waals surface area (Å²) in [4.78, 5) is 14.1. The molecule has 1 saturated carbocycles. The first kappa shape index (κ1) is 26.5. The molecule has 184 valence electrons. The predicted octanol–water partition coefficient (Wildman–Crippen LogP) is 7.52. The van der Waals surface area contributed by atoms with Crippen LogP contribution in [0.3, 0.4) is 0 Å². The van der Waals surface area contributed by atoms with Gasteiger partial charge in [-0.1, -0.05) is 92.8 Å². The van der Waals surface area contributed by atoms with Crippen molar-refractivity contribution >= 4 is 33.2 Å². The average Bonchev–Trinajstić information content (AvgIpc) is 3.19. The van der Waals surface area contributed by atoms with Gasteiger partial charge < -0.3 is 10.7 Å². The molecule has 0 spiro atoms. The highest BCUT2D eigenvalue weighted by Crippen LogP contribution is 2.32. The molecular weight excluding hydrogens is 494 g/mol. The van der Waals surface area contributed by atoms with Crippen molar-refractivity contribution in [1.82, 2.24) is 9.69 Å². The number of halogens is 1. The fourth-order valence-corrected chi connectivity index (χ4v) is 6.84. The fraction of sp³-hybridized carbons (Fsp3) is 0.704. The van der Waals surface area contributed by atoms with Crippen LogP contribution in [0.1, 0.15) is 101 Å². The second-order valence-electron chi connectivity index (χ2n) is 10.3. The van der Waals surface area contributed by atoms with Crippen LogP contribution >= 0.6 is 27.5 Å². The maximum absolute atomic E-state index is 12.7. The minimum absolute atomic E-state index is 0.0853. The van der Waals surface area contributed by atoms with Crippen molar-refractivity contribution < 1.29 is 0 Å². The van der Waals surface area contributed by atoms with Gasteiger partial charge in [0.25, 0.3) is 5.56 Å². The highest BCUT2D eigenvalue weighted by molar-refractivity contribution is 9.09. The van der Waals surface area contributed by atoms with Gasteiger partial charge in [-0.25, -0.2) is 0 Å². The lowest BCUT2D eigenvalue weighted by atomic mass is 9.81. The summed E-state index contributed by atoms with van der Waals surface area (Å²) in [5.41, 5.74) is 2.19. The molecule has 1 fully saturated rings.